The van der Waals surface area contributed by atoms with Gasteiger partial charge in [-0.25, -0.2) is 4.98 Å². The minimum Gasteiger partial charge on any atom is -0.340 e. The van der Waals surface area contributed by atoms with Gasteiger partial charge in [0.1, 0.15) is 12.4 Å². The van der Waals surface area contributed by atoms with Crippen LogP contribution < -0.4 is 0 Å². The molecule has 1 aliphatic rings. The summed E-state index contributed by atoms with van der Waals surface area (Å²) in [6.07, 6.45) is 12.1. The quantitative estimate of drug-likeness (QED) is 0.818. The number of carbonyl (C=O) groups excluding carboxylic acids is 1. The Morgan fingerprint density at radius 1 is 1.42 bits per heavy atom. The van der Waals surface area contributed by atoms with Crippen LogP contribution in [0.5, 0.6) is 0 Å². The second kappa shape index (κ2) is 7.64. The van der Waals surface area contributed by atoms with E-state index in [1.807, 2.05) is 24.2 Å². The van der Waals surface area contributed by atoms with Crippen molar-refractivity contribution in [3.8, 4) is 0 Å². The van der Waals surface area contributed by atoms with E-state index in [9.17, 15) is 4.79 Å². The average molecular weight is 329 g/mol. The van der Waals surface area contributed by atoms with Gasteiger partial charge in [0.2, 0.25) is 5.91 Å². The van der Waals surface area contributed by atoms with Gasteiger partial charge in [-0.2, -0.15) is 5.10 Å². The number of likely N-dealkylation sites (tertiary alicyclic amines) is 1. The van der Waals surface area contributed by atoms with Crippen molar-refractivity contribution in [1.29, 1.82) is 0 Å². The number of aryl methyl sites for hydroxylation is 2. The Morgan fingerprint density at radius 2 is 2.29 bits per heavy atom. The van der Waals surface area contributed by atoms with Crippen LogP contribution in [-0.2, 0) is 17.9 Å². The van der Waals surface area contributed by atoms with E-state index in [0.29, 0.717) is 12.5 Å². The van der Waals surface area contributed by atoms with Gasteiger partial charge in [0.05, 0.1) is 6.20 Å². The van der Waals surface area contributed by atoms with E-state index in [4.69, 9.17) is 0 Å². The molecule has 6 heteroatoms. The lowest BCUT2D eigenvalue weighted by atomic mass is 9.97. The smallest absolute Gasteiger partial charge is 0.244 e. The van der Waals surface area contributed by atoms with Gasteiger partial charge in [0.25, 0.3) is 0 Å². The predicted octanol–water partition coefficient (Wildman–Crippen LogP) is 2.59. The number of hydrogen-bond acceptors (Lipinski definition) is 3. The standard InChI is InChI=1S/C18H27N5O/c1-3-4-8-21-10-7-19-18(21)16-6-5-9-22(13-16)17(24)14-23-12-15(2)11-20-23/h7,10-12,16H,3-6,8-9,13-14H2,1-2H3. The molecule has 0 aromatic carbocycles. The van der Waals surface area contributed by atoms with Crippen molar-refractivity contribution < 1.29 is 4.79 Å². The first kappa shape index (κ1) is 16.7. The molecule has 1 amide bonds. The topological polar surface area (TPSA) is 56.0 Å². The highest BCUT2D eigenvalue weighted by Crippen LogP contribution is 2.26. The number of carbonyl (C=O) groups is 1. The monoisotopic (exact) mass is 329 g/mol. The Balaban J connectivity index is 1.63. The van der Waals surface area contributed by atoms with E-state index in [2.05, 4.69) is 27.8 Å². The summed E-state index contributed by atoms with van der Waals surface area (Å²) in [5.41, 5.74) is 1.08. The van der Waals surface area contributed by atoms with E-state index in [1.54, 1.807) is 10.9 Å². The van der Waals surface area contributed by atoms with E-state index in [-0.39, 0.29) is 5.91 Å². The van der Waals surface area contributed by atoms with Gasteiger partial charge in [-0.3, -0.25) is 9.48 Å². The zero-order valence-electron chi connectivity index (χ0n) is 14.7. The summed E-state index contributed by atoms with van der Waals surface area (Å²) in [7, 11) is 0. The molecule has 3 rings (SSSR count). The molecule has 0 bridgehead atoms. The van der Waals surface area contributed by atoms with Crippen molar-refractivity contribution in [3.05, 3.63) is 36.2 Å². The zero-order valence-corrected chi connectivity index (χ0v) is 14.7. The number of aromatic nitrogens is 4. The minimum atomic E-state index is 0.148. The van der Waals surface area contributed by atoms with Gasteiger partial charge in [0.15, 0.2) is 0 Å². The minimum absolute atomic E-state index is 0.148. The number of amides is 1. The number of rotatable bonds is 6. The molecular weight excluding hydrogens is 302 g/mol. The lowest BCUT2D eigenvalue weighted by molar-refractivity contribution is -0.133. The number of piperidine rings is 1. The van der Waals surface area contributed by atoms with Crippen LogP contribution in [0.4, 0.5) is 0 Å². The molecule has 1 aliphatic heterocycles. The summed E-state index contributed by atoms with van der Waals surface area (Å²) in [4.78, 5) is 19.1. The molecule has 6 nitrogen and oxygen atoms in total. The second-order valence-electron chi connectivity index (χ2n) is 6.73. The summed E-state index contributed by atoms with van der Waals surface area (Å²) in [6.45, 7) is 7.14. The van der Waals surface area contributed by atoms with Gasteiger partial charge in [-0.05, 0) is 31.7 Å². The van der Waals surface area contributed by atoms with Crippen LogP contribution in [0.15, 0.2) is 24.8 Å². The van der Waals surface area contributed by atoms with Gasteiger partial charge in [-0.1, -0.05) is 13.3 Å². The predicted molar refractivity (Wildman–Crippen MR) is 92.7 cm³/mol. The molecule has 1 saturated heterocycles. The van der Waals surface area contributed by atoms with Crippen LogP contribution in [0.3, 0.4) is 0 Å². The number of imidazole rings is 1. The average Bonchev–Trinajstić information content (AvgIpc) is 3.22. The Labute approximate surface area is 143 Å². The van der Waals surface area contributed by atoms with Crippen molar-refractivity contribution in [2.45, 2.75) is 58.5 Å². The van der Waals surface area contributed by atoms with E-state index in [1.165, 1.54) is 6.42 Å². The molecule has 24 heavy (non-hydrogen) atoms. The first-order valence-corrected chi connectivity index (χ1v) is 8.95. The molecular formula is C18H27N5O. The highest BCUT2D eigenvalue weighted by molar-refractivity contribution is 5.76. The van der Waals surface area contributed by atoms with Gasteiger partial charge in [-0.15, -0.1) is 0 Å². The largest absolute Gasteiger partial charge is 0.340 e. The second-order valence-corrected chi connectivity index (χ2v) is 6.73. The Morgan fingerprint density at radius 3 is 3.04 bits per heavy atom. The molecule has 2 aromatic rings. The fourth-order valence-electron chi connectivity index (χ4n) is 3.40. The highest BCUT2D eigenvalue weighted by atomic mass is 16.2. The lowest BCUT2D eigenvalue weighted by Crippen LogP contribution is -2.41. The highest BCUT2D eigenvalue weighted by Gasteiger charge is 2.27. The van der Waals surface area contributed by atoms with Crippen LogP contribution in [0.25, 0.3) is 0 Å². The summed E-state index contributed by atoms with van der Waals surface area (Å²) >= 11 is 0. The number of nitrogens with zero attached hydrogens (tertiary/aromatic N) is 5. The molecule has 2 aromatic heterocycles. The van der Waals surface area contributed by atoms with E-state index >= 15 is 0 Å². The summed E-state index contributed by atoms with van der Waals surface area (Å²) < 4.78 is 3.99. The fraction of sp³-hybridized carbons (Fsp3) is 0.611. The molecule has 0 N–H and O–H groups in total. The zero-order chi connectivity index (χ0) is 16.9. The Bertz CT molecular complexity index is 675. The number of unbranched alkanes of at least 4 members (excludes halogenated alkanes) is 1. The molecule has 1 atom stereocenters. The SMILES string of the molecule is CCCCn1ccnc1C1CCCN(C(=O)Cn2cc(C)cn2)C1. The molecule has 0 spiro atoms. The third kappa shape index (κ3) is 3.86. The van der Waals surface area contributed by atoms with Crippen molar-refractivity contribution in [3.63, 3.8) is 0 Å². The molecule has 1 fully saturated rings. The molecule has 0 saturated carbocycles. The normalized spacial score (nSPS) is 18.1. The third-order valence-corrected chi connectivity index (χ3v) is 4.70. The van der Waals surface area contributed by atoms with E-state index < -0.39 is 0 Å². The summed E-state index contributed by atoms with van der Waals surface area (Å²) in [6, 6.07) is 0. The molecule has 130 valence electrons. The van der Waals surface area contributed by atoms with Crippen LogP contribution in [0, 0.1) is 6.92 Å². The maximum absolute atomic E-state index is 12.6. The van der Waals surface area contributed by atoms with Crippen molar-refractivity contribution in [1.82, 2.24) is 24.2 Å². The molecule has 0 radical (unpaired) electrons. The number of hydrogen-bond donors (Lipinski definition) is 0. The van der Waals surface area contributed by atoms with Gasteiger partial charge in [0, 0.05) is 44.1 Å². The first-order valence-electron chi connectivity index (χ1n) is 8.95. The lowest BCUT2D eigenvalue weighted by Gasteiger charge is -2.32. The van der Waals surface area contributed by atoms with Gasteiger partial charge < -0.3 is 9.47 Å². The van der Waals surface area contributed by atoms with Crippen molar-refractivity contribution in [2.75, 3.05) is 13.1 Å². The Hall–Kier alpha value is -2.11. The Kier molecular flexibility index (Phi) is 5.33. The van der Waals surface area contributed by atoms with Crippen LogP contribution in [0.2, 0.25) is 0 Å². The summed E-state index contributed by atoms with van der Waals surface area (Å²) in [5.74, 6) is 1.62. The van der Waals surface area contributed by atoms with Crippen LogP contribution >= 0.6 is 0 Å². The van der Waals surface area contributed by atoms with Crippen LogP contribution in [0.1, 0.15) is 49.9 Å². The van der Waals surface area contributed by atoms with E-state index in [0.717, 1.165) is 50.3 Å². The van der Waals surface area contributed by atoms with Gasteiger partial charge >= 0.3 is 0 Å². The first-order chi connectivity index (χ1) is 11.7. The molecule has 1 unspecified atom stereocenters. The molecule has 3 heterocycles. The van der Waals surface area contributed by atoms with Crippen LogP contribution in [-0.4, -0.2) is 43.2 Å². The summed E-state index contributed by atoms with van der Waals surface area (Å²) in [5, 5.41) is 4.22. The maximum Gasteiger partial charge on any atom is 0.244 e. The third-order valence-electron chi connectivity index (χ3n) is 4.70. The van der Waals surface area contributed by atoms with Crippen molar-refractivity contribution >= 4 is 5.91 Å². The maximum atomic E-state index is 12.6. The van der Waals surface area contributed by atoms with Crippen molar-refractivity contribution in [2.24, 2.45) is 0 Å². The fourth-order valence-corrected chi connectivity index (χ4v) is 3.40. The molecule has 0 aliphatic carbocycles.